The summed E-state index contributed by atoms with van der Waals surface area (Å²) in [5.74, 6) is 2.16. The topological polar surface area (TPSA) is 83.0 Å². The van der Waals surface area contributed by atoms with Crippen LogP contribution in [0.3, 0.4) is 0 Å². The lowest BCUT2D eigenvalue weighted by Crippen LogP contribution is -2.00. The molecule has 30 heavy (non-hydrogen) atoms. The number of aryl methyl sites for hydroxylation is 1. The van der Waals surface area contributed by atoms with Crippen LogP contribution in [0.25, 0.3) is 22.2 Å². The third-order valence-corrected chi connectivity index (χ3v) is 5.59. The molecule has 0 bridgehead atoms. The molecule has 6 heteroatoms. The van der Waals surface area contributed by atoms with Crippen molar-refractivity contribution in [2.45, 2.75) is 32.7 Å². The van der Waals surface area contributed by atoms with E-state index in [0.717, 1.165) is 51.2 Å². The van der Waals surface area contributed by atoms with Crippen molar-refractivity contribution in [3.8, 4) is 22.6 Å². The molecule has 5 rings (SSSR count). The van der Waals surface area contributed by atoms with E-state index in [1.54, 1.807) is 0 Å². The van der Waals surface area contributed by atoms with Crippen LogP contribution >= 0.6 is 0 Å². The number of hydrogen-bond acceptors (Lipinski definition) is 5. The Morgan fingerprint density at radius 1 is 1.00 bits per heavy atom. The monoisotopic (exact) mass is 398 g/mol. The van der Waals surface area contributed by atoms with Gasteiger partial charge in [0.05, 0.1) is 5.39 Å². The maximum Gasteiger partial charge on any atom is 0.163 e. The van der Waals surface area contributed by atoms with Gasteiger partial charge in [-0.25, -0.2) is 9.97 Å². The summed E-state index contributed by atoms with van der Waals surface area (Å²) in [5, 5.41) is 0.864. The van der Waals surface area contributed by atoms with Crippen molar-refractivity contribution in [2.24, 2.45) is 0 Å². The average Bonchev–Trinajstić information content (AvgIpc) is 3.31. The minimum atomic E-state index is 0.213. The quantitative estimate of drug-likeness (QED) is 0.512. The molecule has 0 spiro atoms. The number of ketones is 1. The second-order valence-electron chi connectivity index (χ2n) is 7.87. The predicted octanol–water partition coefficient (Wildman–Crippen LogP) is 5.18. The number of fused-ring (bicyclic) bond motifs is 2. The molecule has 150 valence electrons. The number of rotatable bonds is 4. The van der Waals surface area contributed by atoms with E-state index in [-0.39, 0.29) is 11.8 Å². The van der Waals surface area contributed by atoms with Gasteiger partial charge < -0.3 is 15.0 Å². The van der Waals surface area contributed by atoms with Gasteiger partial charge in [-0.3, -0.25) is 4.79 Å². The molecule has 0 radical (unpaired) electrons. The molecule has 2 aromatic carbocycles. The molecule has 0 fully saturated rings. The van der Waals surface area contributed by atoms with Crippen molar-refractivity contribution in [1.82, 2.24) is 14.5 Å². The smallest absolute Gasteiger partial charge is 0.163 e. The number of anilines is 1. The highest BCUT2D eigenvalue weighted by Crippen LogP contribution is 2.35. The van der Waals surface area contributed by atoms with Gasteiger partial charge in [0, 0.05) is 29.8 Å². The summed E-state index contributed by atoms with van der Waals surface area (Å²) in [7, 11) is 0. The van der Waals surface area contributed by atoms with Crippen molar-refractivity contribution < 1.29 is 9.53 Å². The van der Waals surface area contributed by atoms with Crippen LogP contribution in [0, 0.1) is 0 Å². The fraction of sp³-hybridized carbons (Fsp3) is 0.208. The van der Waals surface area contributed by atoms with Gasteiger partial charge in [0.1, 0.15) is 29.3 Å². The van der Waals surface area contributed by atoms with Gasteiger partial charge in [-0.2, -0.15) is 0 Å². The number of nitrogens with zero attached hydrogens (tertiary/aromatic N) is 3. The molecule has 0 saturated heterocycles. The van der Waals surface area contributed by atoms with Crippen LogP contribution in [0.5, 0.6) is 11.5 Å². The van der Waals surface area contributed by atoms with E-state index in [9.17, 15) is 4.79 Å². The highest BCUT2D eigenvalue weighted by Gasteiger charge is 2.20. The second-order valence-corrected chi connectivity index (χ2v) is 7.87. The number of nitrogen functional groups attached to an aromatic ring is 1. The van der Waals surface area contributed by atoms with Crippen LogP contribution in [-0.4, -0.2) is 20.3 Å². The summed E-state index contributed by atoms with van der Waals surface area (Å²) >= 11 is 0. The molecule has 4 aromatic rings. The normalized spacial score (nSPS) is 13.2. The zero-order valence-electron chi connectivity index (χ0n) is 16.9. The zero-order valence-corrected chi connectivity index (χ0v) is 16.9. The van der Waals surface area contributed by atoms with Crippen molar-refractivity contribution >= 4 is 22.6 Å². The molecule has 0 aliphatic heterocycles. The number of hydrogen-bond donors (Lipinski definition) is 1. The molecular weight excluding hydrogens is 376 g/mol. The molecular formula is C24H22N4O2. The van der Waals surface area contributed by atoms with Crippen LogP contribution in [0.1, 0.15) is 42.2 Å². The third kappa shape index (κ3) is 3.01. The van der Waals surface area contributed by atoms with E-state index in [2.05, 4.69) is 34.6 Å². The van der Waals surface area contributed by atoms with Gasteiger partial charge in [-0.05, 0) is 61.7 Å². The molecule has 1 aliphatic rings. The molecule has 0 unspecified atom stereocenters. The van der Waals surface area contributed by atoms with E-state index in [4.69, 9.17) is 10.5 Å². The van der Waals surface area contributed by atoms with Crippen molar-refractivity contribution in [1.29, 1.82) is 0 Å². The number of benzene rings is 2. The van der Waals surface area contributed by atoms with E-state index < -0.39 is 0 Å². The first kappa shape index (κ1) is 18.4. The SMILES string of the molecule is CC(C)n1cc(-c2ccc(Oc3ccc4c(c3)CCC4=O)cc2)c2c(N)ncnc21. The molecule has 2 aromatic heterocycles. The third-order valence-electron chi connectivity index (χ3n) is 5.59. The van der Waals surface area contributed by atoms with Crippen LogP contribution in [0.15, 0.2) is 55.0 Å². The summed E-state index contributed by atoms with van der Waals surface area (Å²) in [6, 6.07) is 13.8. The molecule has 1 aliphatic carbocycles. The molecule has 0 amide bonds. The van der Waals surface area contributed by atoms with Gasteiger partial charge in [-0.15, -0.1) is 0 Å². The molecule has 6 nitrogen and oxygen atoms in total. The summed E-state index contributed by atoms with van der Waals surface area (Å²) in [5.41, 5.74) is 10.9. The Labute approximate surface area is 174 Å². The number of ether oxygens (including phenoxy) is 1. The largest absolute Gasteiger partial charge is 0.457 e. The average molecular weight is 398 g/mol. The van der Waals surface area contributed by atoms with E-state index in [0.29, 0.717) is 12.2 Å². The van der Waals surface area contributed by atoms with Crippen LogP contribution in [0.4, 0.5) is 5.82 Å². The predicted molar refractivity (Wildman–Crippen MR) is 117 cm³/mol. The number of Topliss-reactive ketones (excluding diaryl/α,β-unsaturated/α-hetero) is 1. The second kappa shape index (κ2) is 6.99. The van der Waals surface area contributed by atoms with Crippen molar-refractivity contribution in [2.75, 3.05) is 5.73 Å². The first-order chi connectivity index (χ1) is 14.5. The van der Waals surface area contributed by atoms with E-state index in [1.165, 1.54) is 6.33 Å². The Kier molecular flexibility index (Phi) is 4.28. The fourth-order valence-corrected chi connectivity index (χ4v) is 4.05. The van der Waals surface area contributed by atoms with Gasteiger partial charge >= 0.3 is 0 Å². The highest BCUT2D eigenvalue weighted by atomic mass is 16.5. The lowest BCUT2D eigenvalue weighted by Gasteiger charge is -2.08. The van der Waals surface area contributed by atoms with Gasteiger partial charge in [-0.1, -0.05) is 12.1 Å². The molecule has 2 heterocycles. The number of aromatic nitrogens is 3. The Bertz CT molecular complexity index is 1270. The van der Waals surface area contributed by atoms with Gasteiger partial charge in [0.25, 0.3) is 0 Å². The maximum absolute atomic E-state index is 11.8. The van der Waals surface area contributed by atoms with Gasteiger partial charge in [0.2, 0.25) is 0 Å². The number of carbonyl (C=O) groups excluding carboxylic acids is 1. The number of nitrogens with two attached hydrogens (primary N) is 1. The van der Waals surface area contributed by atoms with E-state index in [1.807, 2.05) is 42.5 Å². The first-order valence-electron chi connectivity index (χ1n) is 10.1. The van der Waals surface area contributed by atoms with Crippen molar-refractivity contribution in [3.63, 3.8) is 0 Å². The fourth-order valence-electron chi connectivity index (χ4n) is 4.05. The van der Waals surface area contributed by atoms with Gasteiger partial charge in [0.15, 0.2) is 5.78 Å². The van der Waals surface area contributed by atoms with Crippen molar-refractivity contribution in [3.05, 3.63) is 66.1 Å². The molecule has 0 saturated carbocycles. The Morgan fingerprint density at radius 3 is 2.53 bits per heavy atom. The Morgan fingerprint density at radius 2 is 1.77 bits per heavy atom. The zero-order chi connectivity index (χ0) is 20.8. The summed E-state index contributed by atoms with van der Waals surface area (Å²) < 4.78 is 8.13. The Hall–Kier alpha value is -3.67. The summed E-state index contributed by atoms with van der Waals surface area (Å²) in [6.45, 7) is 4.23. The van der Waals surface area contributed by atoms with E-state index >= 15 is 0 Å². The lowest BCUT2D eigenvalue weighted by molar-refractivity contribution is 0.0994. The van der Waals surface area contributed by atoms with Crippen LogP contribution in [0.2, 0.25) is 0 Å². The Balaban J connectivity index is 1.47. The molecule has 2 N–H and O–H groups in total. The summed E-state index contributed by atoms with van der Waals surface area (Å²) in [4.78, 5) is 20.4. The first-order valence-corrected chi connectivity index (χ1v) is 10.1. The highest BCUT2D eigenvalue weighted by molar-refractivity contribution is 6.01. The minimum Gasteiger partial charge on any atom is -0.457 e. The number of carbonyl (C=O) groups is 1. The maximum atomic E-state index is 11.8. The lowest BCUT2D eigenvalue weighted by atomic mass is 10.1. The standard InChI is InChI=1S/C24H22N4O2/c1-14(2)28-12-20(22-23(25)26-13-27-24(22)28)15-3-6-17(7-4-15)30-18-8-9-19-16(11-18)5-10-21(19)29/h3-4,6-9,11-14H,5,10H2,1-2H3,(H2,25,26,27). The minimum absolute atomic E-state index is 0.213. The molecule has 0 atom stereocenters. The summed E-state index contributed by atoms with van der Waals surface area (Å²) in [6.07, 6.45) is 4.95. The van der Waals surface area contributed by atoms with Crippen LogP contribution < -0.4 is 10.5 Å². The van der Waals surface area contributed by atoms with Crippen LogP contribution in [-0.2, 0) is 6.42 Å².